The minimum Gasteiger partial charge on any atom is -0.420 e. The van der Waals surface area contributed by atoms with E-state index in [2.05, 4.69) is 15.9 Å². The molecule has 0 unspecified atom stereocenters. The summed E-state index contributed by atoms with van der Waals surface area (Å²) in [6.07, 6.45) is 0. The molecule has 0 spiro atoms. The van der Waals surface area contributed by atoms with Crippen LogP contribution in [0, 0.1) is 0 Å². The molecule has 2 nitrogen and oxygen atoms in total. The molecule has 0 fully saturated rings. The third-order valence-corrected chi connectivity index (χ3v) is 3.26. The molecule has 0 heterocycles. The summed E-state index contributed by atoms with van der Waals surface area (Å²) >= 11 is 15.0. The van der Waals surface area contributed by atoms with Crippen molar-refractivity contribution < 1.29 is 9.53 Å². The lowest BCUT2D eigenvalue weighted by molar-refractivity contribution is 0.0733. The standard InChI is InChI=1S/C13H7BrCl2O2/c14-10-6-9(15)7-11(16)12(10)18-13(17)8-4-2-1-3-5-8/h1-7H. The molecule has 0 aliphatic rings. The molecule has 2 rings (SSSR count). The van der Waals surface area contributed by atoms with Crippen molar-refractivity contribution in [2.24, 2.45) is 0 Å². The van der Waals surface area contributed by atoms with Crippen LogP contribution in [-0.2, 0) is 0 Å². The first kappa shape index (κ1) is 13.4. The molecule has 0 amide bonds. The summed E-state index contributed by atoms with van der Waals surface area (Å²) < 4.78 is 5.77. The minimum atomic E-state index is -0.472. The molecule has 0 atom stereocenters. The number of carbonyl (C=O) groups excluding carboxylic acids is 1. The Kier molecular flexibility index (Phi) is 4.27. The van der Waals surface area contributed by atoms with Crippen molar-refractivity contribution in [1.82, 2.24) is 0 Å². The van der Waals surface area contributed by atoms with Crippen molar-refractivity contribution >= 4 is 45.1 Å². The van der Waals surface area contributed by atoms with Crippen molar-refractivity contribution in [1.29, 1.82) is 0 Å². The van der Waals surface area contributed by atoms with Gasteiger partial charge >= 0.3 is 5.97 Å². The molecule has 0 saturated carbocycles. The molecule has 0 aliphatic carbocycles. The molecule has 0 bridgehead atoms. The Hall–Kier alpha value is -1.03. The quantitative estimate of drug-likeness (QED) is 0.567. The molecular weight excluding hydrogens is 339 g/mol. The summed E-state index contributed by atoms with van der Waals surface area (Å²) in [5.41, 5.74) is 0.454. The van der Waals surface area contributed by atoms with Gasteiger partial charge in [0.2, 0.25) is 0 Å². The van der Waals surface area contributed by atoms with Crippen LogP contribution in [0.25, 0.3) is 0 Å². The van der Waals surface area contributed by atoms with Gasteiger partial charge in [-0.25, -0.2) is 4.79 Å². The van der Waals surface area contributed by atoms with Gasteiger partial charge in [-0.2, -0.15) is 0 Å². The summed E-state index contributed by atoms with van der Waals surface area (Å²) in [5.74, 6) is -0.213. The lowest BCUT2D eigenvalue weighted by Gasteiger charge is -2.08. The van der Waals surface area contributed by atoms with E-state index in [1.54, 1.807) is 30.3 Å². The highest BCUT2D eigenvalue weighted by molar-refractivity contribution is 9.10. The fourth-order valence-corrected chi connectivity index (χ4v) is 2.67. The maximum atomic E-state index is 11.9. The molecule has 0 aromatic heterocycles. The Labute approximate surface area is 123 Å². The van der Waals surface area contributed by atoms with Crippen LogP contribution in [0.5, 0.6) is 5.75 Å². The number of carbonyl (C=O) groups is 1. The lowest BCUT2D eigenvalue weighted by atomic mass is 10.2. The van der Waals surface area contributed by atoms with Crippen LogP contribution in [0.1, 0.15) is 10.4 Å². The predicted molar refractivity (Wildman–Crippen MR) is 75.6 cm³/mol. The topological polar surface area (TPSA) is 26.3 Å². The van der Waals surface area contributed by atoms with Gasteiger partial charge in [-0.1, -0.05) is 41.4 Å². The van der Waals surface area contributed by atoms with Gasteiger partial charge < -0.3 is 4.74 Å². The first-order valence-electron chi connectivity index (χ1n) is 4.99. The van der Waals surface area contributed by atoms with Crippen LogP contribution in [0.15, 0.2) is 46.9 Å². The highest BCUT2D eigenvalue weighted by Crippen LogP contribution is 2.36. The smallest absolute Gasteiger partial charge is 0.343 e. The van der Waals surface area contributed by atoms with Crippen LogP contribution < -0.4 is 4.74 Å². The molecule has 5 heteroatoms. The fraction of sp³-hybridized carbons (Fsp3) is 0. The van der Waals surface area contributed by atoms with Crippen LogP contribution in [-0.4, -0.2) is 5.97 Å². The van der Waals surface area contributed by atoms with Gasteiger partial charge in [0.05, 0.1) is 15.1 Å². The minimum absolute atomic E-state index is 0.259. The van der Waals surface area contributed by atoms with Crippen molar-refractivity contribution in [2.75, 3.05) is 0 Å². The SMILES string of the molecule is O=C(Oc1c(Cl)cc(Cl)cc1Br)c1ccccc1. The maximum Gasteiger partial charge on any atom is 0.343 e. The highest BCUT2D eigenvalue weighted by atomic mass is 79.9. The largest absolute Gasteiger partial charge is 0.420 e. The number of rotatable bonds is 2. The zero-order chi connectivity index (χ0) is 13.1. The van der Waals surface area contributed by atoms with Crippen molar-refractivity contribution in [3.63, 3.8) is 0 Å². The zero-order valence-electron chi connectivity index (χ0n) is 8.99. The molecule has 92 valence electrons. The third-order valence-electron chi connectivity index (χ3n) is 2.17. The number of benzene rings is 2. The first-order valence-corrected chi connectivity index (χ1v) is 6.54. The van der Waals surface area contributed by atoms with Gasteiger partial charge in [0.15, 0.2) is 5.75 Å². The Morgan fingerprint density at radius 1 is 1.11 bits per heavy atom. The number of ether oxygens (including phenoxy) is 1. The van der Waals surface area contributed by atoms with Gasteiger partial charge in [0.25, 0.3) is 0 Å². The molecule has 18 heavy (non-hydrogen) atoms. The first-order chi connectivity index (χ1) is 8.58. The van der Waals surface area contributed by atoms with Crippen molar-refractivity contribution in [3.8, 4) is 5.75 Å². The number of hydrogen-bond acceptors (Lipinski definition) is 2. The molecule has 2 aromatic carbocycles. The molecule has 0 N–H and O–H groups in total. The summed E-state index contributed by atoms with van der Waals surface area (Å²) in [4.78, 5) is 11.9. The summed E-state index contributed by atoms with van der Waals surface area (Å²) in [6.45, 7) is 0. The van der Waals surface area contributed by atoms with Crippen LogP contribution in [0.2, 0.25) is 10.0 Å². The molecule has 0 saturated heterocycles. The van der Waals surface area contributed by atoms with E-state index in [9.17, 15) is 4.79 Å². The Morgan fingerprint density at radius 2 is 1.78 bits per heavy atom. The van der Waals surface area contributed by atoms with Crippen LogP contribution >= 0.6 is 39.1 Å². The molecular formula is C13H7BrCl2O2. The van der Waals surface area contributed by atoms with Crippen LogP contribution in [0.4, 0.5) is 0 Å². The lowest BCUT2D eigenvalue weighted by Crippen LogP contribution is -2.08. The van der Waals surface area contributed by atoms with Gasteiger partial charge in [-0.05, 0) is 40.2 Å². The van der Waals surface area contributed by atoms with E-state index in [1.165, 1.54) is 6.07 Å². The summed E-state index contributed by atoms with van der Waals surface area (Å²) in [5, 5.41) is 0.741. The average molecular weight is 346 g/mol. The number of hydrogen-bond donors (Lipinski definition) is 0. The Morgan fingerprint density at radius 3 is 2.39 bits per heavy atom. The van der Waals surface area contributed by atoms with E-state index in [0.717, 1.165) is 0 Å². The van der Waals surface area contributed by atoms with Gasteiger partial charge in [-0.15, -0.1) is 0 Å². The molecule has 0 radical (unpaired) electrons. The highest BCUT2D eigenvalue weighted by Gasteiger charge is 2.14. The fourth-order valence-electron chi connectivity index (χ4n) is 1.35. The van der Waals surface area contributed by atoms with Gasteiger partial charge in [0, 0.05) is 5.02 Å². The normalized spacial score (nSPS) is 10.2. The van der Waals surface area contributed by atoms with Crippen molar-refractivity contribution in [3.05, 3.63) is 62.5 Å². The van der Waals surface area contributed by atoms with E-state index in [4.69, 9.17) is 27.9 Å². The maximum absolute atomic E-state index is 11.9. The Bertz CT molecular complexity index is 562. The zero-order valence-corrected chi connectivity index (χ0v) is 12.1. The van der Waals surface area contributed by atoms with Gasteiger partial charge in [0.1, 0.15) is 0 Å². The van der Waals surface area contributed by atoms with E-state index in [-0.39, 0.29) is 10.8 Å². The molecule has 2 aromatic rings. The second-order valence-corrected chi connectivity index (χ2v) is 5.15. The monoisotopic (exact) mass is 344 g/mol. The second-order valence-electron chi connectivity index (χ2n) is 3.45. The Balaban J connectivity index is 2.28. The number of esters is 1. The van der Waals surface area contributed by atoms with E-state index in [1.807, 2.05) is 6.07 Å². The third kappa shape index (κ3) is 3.05. The van der Waals surface area contributed by atoms with E-state index in [0.29, 0.717) is 15.1 Å². The molecule has 0 aliphatic heterocycles. The predicted octanol–water partition coefficient (Wildman–Crippen LogP) is 4.98. The summed E-state index contributed by atoms with van der Waals surface area (Å²) in [6, 6.07) is 11.8. The average Bonchev–Trinajstić information content (AvgIpc) is 2.34. The van der Waals surface area contributed by atoms with Gasteiger partial charge in [-0.3, -0.25) is 0 Å². The number of halogens is 3. The van der Waals surface area contributed by atoms with E-state index >= 15 is 0 Å². The summed E-state index contributed by atoms with van der Waals surface area (Å²) in [7, 11) is 0. The second kappa shape index (κ2) is 5.74. The van der Waals surface area contributed by atoms with Crippen LogP contribution in [0.3, 0.4) is 0 Å². The van der Waals surface area contributed by atoms with E-state index < -0.39 is 5.97 Å². The van der Waals surface area contributed by atoms with Crippen molar-refractivity contribution in [2.45, 2.75) is 0 Å².